The monoisotopic (exact) mass is 548 g/mol. The molecule has 1 saturated carbocycles. The van der Waals surface area contributed by atoms with Gasteiger partial charge in [-0.2, -0.15) is 0 Å². The lowest BCUT2D eigenvalue weighted by molar-refractivity contribution is -0.358. The minimum absolute atomic E-state index is 0.107. The quantitative estimate of drug-likeness (QED) is 0.141. The first-order valence-corrected chi connectivity index (χ1v) is 11.8. The van der Waals surface area contributed by atoms with Crippen LogP contribution in [0, 0.1) is 5.92 Å². The van der Waals surface area contributed by atoms with E-state index in [9.17, 15) is 35.7 Å². The Morgan fingerprint density at radius 3 is 1.59 bits per heavy atom. The fraction of sp³-hybridized carbons (Fsp3) is 1.00. The number of hydrogen-bond donors (Lipinski definition) is 11. The van der Waals surface area contributed by atoms with Crippen LogP contribution in [0.4, 0.5) is 0 Å². The molecule has 0 aromatic rings. The lowest BCUT2D eigenvalue weighted by atomic mass is 9.81. The van der Waals surface area contributed by atoms with E-state index in [2.05, 4.69) is 0 Å². The highest BCUT2D eigenvalue weighted by atomic mass is 16.7. The molecule has 15 unspecified atom stereocenters. The number of aliphatic hydroxyl groups is 11. The second-order valence-corrected chi connectivity index (χ2v) is 9.17. The zero-order valence-corrected chi connectivity index (χ0v) is 20.4. The lowest BCUT2D eigenvalue weighted by Gasteiger charge is -2.46. The van der Waals surface area contributed by atoms with Gasteiger partial charge in [0.1, 0.15) is 61.0 Å². The number of hydrogen-bond acceptors (Lipinski definition) is 16. The minimum atomic E-state index is -1.56. The van der Waals surface area contributed by atoms with Crippen molar-refractivity contribution in [3.63, 3.8) is 0 Å². The van der Waals surface area contributed by atoms with E-state index in [-0.39, 0.29) is 13.0 Å². The van der Waals surface area contributed by atoms with Gasteiger partial charge in [-0.3, -0.25) is 0 Å². The molecular formula is C21H40O16. The minimum Gasteiger partial charge on any atom is -0.396 e. The number of methoxy groups -OCH3 is 2. The molecule has 0 bridgehead atoms. The van der Waals surface area contributed by atoms with Crippen molar-refractivity contribution in [3.05, 3.63) is 0 Å². The molecule has 15 atom stereocenters. The summed E-state index contributed by atoms with van der Waals surface area (Å²) >= 11 is 0. The third kappa shape index (κ3) is 7.31. The highest BCUT2D eigenvalue weighted by Gasteiger charge is 2.51. The Morgan fingerprint density at radius 2 is 1.08 bits per heavy atom. The van der Waals surface area contributed by atoms with E-state index in [4.69, 9.17) is 44.1 Å². The largest absolute Gasteiger partial charge is 0.396 e. The summed E-state index contributed by atoms with van der Waals surface area (Å²) in [5, 5.41) is 105. The first-order valence-electron chi connectivity index (χ1n) is 11.8. The van der Waals surface area contributed by atoms with Gasteiger partial charge in [0.05, 0.1) is 25.4 Å². The highest BCUT2D eigenvalue weighted by Crippen LogP contribution is 2.30. The normalized spacial score (nSPS) is 48.7. The molecule has 3 aliphatic rings. The van der Waals surface area contributed by atoms with Crippen LogP contribution in [0.2, 0.25) is 0 Å². The second kappa shape index (κ2) is 14.7. The molecular weight excluding hydrogens is 508 g/mol. The third-order valence-corrected chi connectivity index (χ3v) is 6.79. The molecule has 16 heteroatoms. The van der Waals surface area contributed by atoms with Gasteiger partial charge in [0, 0.05) is 26.7 Å². The smallest absolute Gasteiger partial charge is 0.187 e. The van der Waals surface area contributed by atoms with Crippen molar-refractivity contribution in [1.82, 2.24) is 0 Å². The van der Waals surface area contributed by atoms with Crippen molar-refractivity contribution in [1.29, 1.82) is 0 Å². The Hall–Kier alpha value is -0.640. The highest BCUT2D eigenvalue weighted by molar-refractivity contribution is 4.94. The van der Waals surface area contributed by atoms with Crippen LogP contribution in [-0.4, -0.2) is 176 Å². The molecule has 0 radical (unpaired) electrons. The van der Waals surface area contributed by atoms with Gasteiger partial charge >= 0.3 is 0 Å². The van der Waals surface area contributed by atoms with Crippen LogP contribution in [-0.2, 0) is 23.7 Å². The van der Waals surface area contributed by atoms with Crippen LogP contribution < -0.4 is 0 Å². The van der Waals surface area contributed by atoms with E-state index < -0.39 is 105 Å². The molecule has 2 aliphatic heterocycles. The van der Waals surface area contributed by atoms with Crippen molar-refractivity contribution in [2.24, 2.45) is 5.92 Å². The van der Waals surface area contributed by atoms with Crippen LogP contribution in [0.3, 0.4) is 0 Å². The van der Waals surface area contributed by atoms with Crippen molar-refractivity contribution in [2.75, 3.05) is 34.0 Å². The van der Waals surface area contributed by atoms with E-state index in [1.54, 1.807) is 0 Å². The van der Waals surface area contributed by atoms with Crippen LogP contribution in [0.5, 0.6) is 0 Å². The fourth-order valence-electron chi connectivity index (χ4n) is 4.51. The Balaban J connectivity index is 0.000000335. The van der Waals surface area contributed by atoms with Crippen LogP contribution in [0.25, 0.3) is 0 Å². The van der Waals surface area contributed by atoms with E-state index in [1.165, 1.54) is 14.2 Å². The molecule has 0 aromatic carbocycles. The molecule has 3 fully saturated rings. The number of ether oxygens (including phenoxy) is 5. The summed E-state index contributed by atoms with van der Waals surface area (Å²) in [5.74, 6) is -0.557. The first kappa shape index (κ1) is 32.6. The van der Waals surface area contributed by atoms with Gasteiger partial charge in [0.2, 0.25) is 0 Å². The molecule has 0 aromatic heterocycles. The summed E-state index contributed by atoms with van der Waals surface area (Å²) in [7, 11) is 2.55. The lowest BCUT2D eigenvalue weighted by Crippen LogP contribution is -2.64. The Kier molecular flexibility index (Phi) is 12.9. The van der Waals surface area contributed by atoms with Crippen molar-refractivity contribution < 1.29 is 79.9 Å². The van der Waals surface area contributed by atoms with Gasteiger partial charge in [-0.05, 0) is 6.42 Å². The Morgan fingerprint density at radius 1 is 0.568 bits per heavy atom. The summed E-state index contributed by atoms with van der Waals surface area (Å²) in [5.41, 5.74) is 0. The average molecular weight is 549 g/mol. The average Bonchev–Trinajstić information content (AvgIpc) is 2.90. The zero-order chi connectivity index (χ0) is 28.0. The summed E-state index contributed by atoms with van der Waals surface area (Å²) in [6, 6.07) is 0. The fourth-order valence-corrected chi connectivity index (χ4v) is 4.51. The molecule has 0 amide bonds. The topological polar surface area (TPSA) is 269 Å². The zero-order valence-electron chi connectivity index (χ0n) is 20.4. The summed E-state index contributed by atoms with van der Waals surface area (Å²) in [6.45, 7) is -1.38. The Bertz CT molecular complexity index is 649. The molecule has 2 saturated heterocycles. The SMILES string of the molecule is COC1OC(CO)C(OC2OC(CO)C(OC)C(O)C2O)C(O)C1O.OCC1CC(O)C(O)C(O)C1O. The van der Waals surface area contributed by atoms with Crippen molar-refractivity contribution in [2.45, 2.75) is 92.2 Å². The van der Waals surface area contributed by atoms with Gasteiger partial charge < -0.3 is 79.9 Å². The molecule has 1 aliphatic carbocycles. The maximum atomic E-state index is 10.2. The van der Waals surface area contributed by atoms with Gasteiger partial charge in [0.15, 0.2) is 12.6 Å². The first-order chi connectivity index (χ1) is 17.5. The molecule has 3 rings (SSSR count). The van der Waals surface area contributed by atoms with E-state index in [1.807, 2.05) is 0 Å². The predicted molar refractivity (Wildman–Crippen MR) is 117 cm³/mol. The Labute approximate surface area is 212 Å². The number of rotatable bonds is 7. The molecule has 11 N–H and O–H groups in total. The summed E-state index contributed by atoms with van der Waals surface area (Å²) in [4.78, 5) is 0. The van der Waals surface area contributed by atoms with E-state index in [0.29, 0.717) is 0 Å². The second-order valence-electron chi connectivity index (χ2n) is 9.17. The summed E-state index contributed by atoms with van der Waals surface area (Å²) in [6.07, 6.45) is -17.7. The van der Waals surface area contributed by atoms with Crippen LogP contribution in [0.1, 0.15) is 6.42 Å². The van der Waals surface area contributed by atoms with E-state index in [0.717, 1.165) is 0 Å². The predicted octanol–water partition coefficient (Wildman–Crippen LogP) is -6.65. The summed E-state index contributed by atoms with van der Waals surface area (Å²) < 4.78 is 26.0. The number of aliphatic hydroxyl groups excluding tert-OH is 11. The molecule has 16 nitrogen and oxygen atoms in total. The van der Waals surface area contributed by atoms with Crippen molar-refractivity contribution in [3.8, 4) is 0 Å². The molecule has 220 valence electrons. The van der Waals surface area contributed by atoms with E-state index >= 15 is 0 Å². The van der Waals surface area contributed by atoms with Gasteiger partial charge in [0.25, 0.3) is 0 Å². The van der Waals surface area contributed by atoms with Crippen molar-refractivity contribution >= 4 is 0 Å². The molecule has 0 spiro atoms. The third-order valence-electron chi connectivity index (χ3n) is 6.79. The maximum Gasteiger partial charge on any atom is 0.187 e. The molecule has 37 heavy (non-hydrogen) atoms. The maximum absolute atomic E-state index is 10.2. The van der Waals surface area contributed by atoms with Crippen LogP contribution in [0.15, 0.2) is 0 Å². The van der Waals surface area contributed by atoms with Gasteiger partial charge in [-0.1, -0.05) is 0 Å². The molecule has 2 heterocycles. The van der Waals surface area contributed by atoms with Crippen LogP contribution >= 0.6 is 0 Å². The van der Waals surface area contributed by atoms with Gasteiger partial charge in [-0.25, -0.2) is 0 Å². The van der Waals surface area contributed by atoms with Gasteiger partial charge in [-0.15, -0.1) is 0 Å². The standard InChI is InChI=1S/C14H26O11.C7H14O5/c1-21-11-5(3-15)24-14(10(20)7(11)17)25-12-6(4-16)23-13(22-2)9(19)8(12)18;8-2-3-1-4(9)6(11)7(12)5(3)10/h5-20H,3-4H2,1-2H3;3-12H,1-2H2.